The highest BCUT2D eigenvalue weighted by Crippen LogP contribution is 2.30. The van der Waals surface area contributed by atoms with Gasteiger partial charge < -0.3 is 80.9 Å². The summed E-state index contributed by atoms with van der Waals surface area (Å²) >= 11 is 0. The Morgan fingerprint density at radius 2 is 0.702 bits per heavy atom. The van der Waals surface area contributed by atoms with Crippen LogP contribution in [0.4, 0.5) is 0 Å². The monoisotopic (exact) mass is 1380 g/mol. The number of aliphatic hydroxyl groups excluding tert-OH is 1. The topological polar surface area (TPSA) is 216 Å². The molecule has 0 spiro atoms. The van der Waals surface area contributed by atoms with E-state index in [1.54, 1.807) is 12.2 Å². The normalized spacial score (nSPS) is 14.7. The minimum absolute atomic E-state index is 0. The van der Waals surface area contributed by atoms with Crippen LogP contribution in [0.5, 0.6) is 0 Å². The van der Waals surface area contributed by atoms with Gasteiger partial charge in [-0.05, 0) is 144 Å². The molecule has 9 N–H and O–H groups in total. The van der Waals surface area contributed by atoms with Crippen molar-refractivity contribution in [2.75, 3.05) is 98.5 Å². The molecule has 17 nitrogen and oxygen atoms in total. The summed E-state index contributed by atoms with van der Waals surface area (Å²) < 4.78 is 62.0. The molecule has 1 fully saturated rings. The smallest absolute Gasteiger partial charge is 0.317 e. The van der Waals surface area contributed by atoms with E-state index < -0.39 is 82.2 Å². The molecule has 0 radical (unpaired) electrons. The zero-order valence-electron chi connectivity index (χ0n) is 47.6. The number of ether oxygens (including phenoxy) is 3. The van der Waals surface area contributed by atoms with Crippen molar-refractivity contribution in [1.29, 1.82) is 0 Å². The second-order valence-electron chi connectivity index (χ2n) is 22.9. The van der Waals surface area contributed by atoms with Crippen molar-refractivity contribution in [3.63, 3.8) is 0 Å². The lowest BCUT2D eigenvalue weighted by atomic mass is 10.4. The van der Waals surface area contributed by atoms with Crippen molar-refractivity contribution in [2.24, 2.45) is 11.5 Å². The first-order chi connectivity index (χ1) is 31.5. The van der Waals surface area contributed by atoms with Crippen molar-refractivity contribution < 1.29 is 48.1 Å². The van der Waals surface area contributed by atoms with Crippen molar-refractivity contribution >= 4 is 76.1 Å². The summed E-state index contributed by atoms with van der Waals surface area (Å²) in [7, 11) is -18.9. The van der Waals surface area contributed by atoms with Gasteiger partial charge in [-0.3, -0.25) is 0 Å². The number of nitrogens with two attached hydrogens (primary N) is 2. The number of hydrogen-bond donors (Lipinski definition) is 7. The van der Waals surface area contributed by atoms with Crippen LogP contribution in [0.15, 0.2) is 25.3 Å². The standard InChI is InChI=1S/C24H62N4O6Si5.C13H38N2O3Si4.C6H10O2.15CH4/c1-12-19-30-23-24(29)22-28-16-15-27-18-21-39(11,32-36(5,6)7)34-37(8,9)33-38(10,31-35(2,3)4)20-17-26-14-13-25;1-19(2,3)16-21(7,8)18-22(9,17-20(4,5)6)13-12-15-11-10-14;1-2-3-7-4-6-5-8-6;;;;;;;;;;;;;;;/h12,24,26-29H,1,13-23,25H2,2-11H3;15H,10-14H2,1-9H3;2,6H,1,3-5H2;15*1H4. The van der Waals surface area contributed by atoms with Crippen LogP contribution in [0.25, 0.3) is 0 Å². The molecule has 0 bridgehead atoms. The number of nitrogens with one attached hydrogen (secondary N) is 4. The molecule has 1 saturated heterocycles. The molecule has 1 heterocycles. The predicted octanol–water partition coefficient (Wildman–Crippen LogP) is 16.0. The zero-order chi connectivity index (χ0) is 53.7. The van der Waals surface area contributed by atoms with Crippen LogP contribution < -0.4 is 32.7 Å². The Morgan fingerprint density at radius 1 is 0.429 bits per heavy atom. The van der Waals surface area contributed by atoms with Gasteiger partial charge in [-0.25, -0.2) is 0 Å². The molecular formula is C58H170N6O11Si9. The van der Waals surface area contributed by atoms with Crippen molar-refractivity contribution in [3.8, 4) is 0 Å². The summed E-state index contributed by atoms with van der Waals surface area (Å²) in [5, 5.41) is 23.5. The van der Waals surface area contributed by atoms with E-state index >= 15 is 0 Å². The van der Waals surface area contributed by atoms with E-state index in [1.807, 2.05) is 0 Å². The third-order valence-corrected chi connectivity index (χ3v) is 40.3. The van der Waals surface area contributed by atoms with Gasteiger partial charge in [-0.2, -0.15) is 0 Å². The molecule has 534 valence electrons. The molecule has 0 aromatic rings. The summed E-state index contributed by atoms with van der Waals surface area (Å²) in [5.41, 5.74) is 11.2. The molecule has 1 rings (SSSR count). The molecule has 5 atom stereocenters. The minimum Gasteiger partial charge on any atom is -0.437 e. The third kappa shape index (κ3) is 84.8. The summed E-state index contributed by atoms with van der Waals surface area (Å²) in [6, 6.07) is 2.62. The summed E-state index contributed by atoms with van der Waals surface area (Å²) in [5.74, 6) is 0. The maximum atomic E-state index is 9.93. The fourth-order valence-corrected chi connectivity index (χ4v) is 48.4. The number of epoxide rings is 1. The average Bonchev–Trinajstić information content (AvgIpc) is 3.96. The van der Waals surface area contributed by atoms with Gasteiger partial charge in [0.15, 0.2) is 33.3 Å². The van der Waals surface area contributed by atoms with Gasteiger partial charge in [0.25, 0.3) is 0 Å². The lowest BCUT2D eigenvalue weighted by Gasteiger charge is -2.44. The first-order valence-electron chi connectivity index (χ1n) is 25.3. The van der Waals surface area contributed by atoms with Crippen LogP contribution >= 0.6 is 0 Å². The van der Waals surface area contributed by atoms with Gasteiger partial charge in [0.2, 0.25) is 0 Å². The molecule has 1 aliphatic rings. The van der Waals surface area contributed by atoms with Gasteiger partial charge >= 0.3 is 42.8 Å². The van der Waals surface area contributed by atoms with Crippen molar-refractivity contribution in [3.05, 3.63) is 25.3 Å². The van der Waals surface area contributed by atoms with Gasteiger partial charge in [-0.15, -0.1) is 13.2 Å². The molecule has 0 aromatic carbocycles. The molecule has 84 heavy (non-hydrogen) atoms. The first kappa shape index (κ1) is 130. The van der Waals surface area contributed by atoms with Gasteiger partial charge in [0, 0.05) is 63.9 Å². The van der Waals surface area contributed by atoms with E-state index in [-0.39, 0.29) is 111 Å². The maximum absolute atomic E-state index is 9.93. The summed E-state index contributed by atoms with van der Waals surface area (Å²) in [6.45, 7) is 59.3. The Hall–Kier alpha value is 0.752. The SMILES string of the molecule is C.C.C.C.C.C.C.C.C.C.C.C.C.C.C.C=CCOCC(O)CNCCNCC[Si](C)(O[Si](C)(C)C)O[Si](C)(C)O[Si](C)(CCNCCN)O[Si](C)(C)C.C=CCOCC1CO1.C[Si](C)(C)O[Si](C)(C)O[Si](C)(CCNCCN)O[Si](C)(C)C. The van der Waals surface area contributed by atoms with E-state index in [0.29, 0.717) is 45.6 Å². The Bertz CT molecular complexity index is 1360. The van der Waals surface area contributed by atoms with Crippen molar-refractivity contribution in [1.82, 2.24) is 21.3 Å². The highest BCUT2D eigenvalue weighted by Gasteiger charge is 2.48. The fourth-order valence-electron chi connectivity index (χ4n) is 7.41. The van der Waals surface area contributed by atoms with Crippen LogP contribution in [0.3, 0.4) is 0 Å². The summed E-state index contributed by atoms with van der Waals surface area (Å²) in [6.07, 6.45) is 3.27. The van der Waals surface area contributed by atoms with E-state index in [1.165, 1.54) is 0 Å². The Labute approximate surface area is 543 Å². The lowest BCUT2D eigenvalue weighted by Crippen LogP contribution is -2.60. The average molecular weight is 1380 g/mol. The molecule has 1 aliphatic heterocycles. The lowest BCUT2D eigenvalue weighted by molar-refractivity contribution is 0.0496. The number of hydrogen-bond acceptors (Lipinski definition) is 17. The first-order valence-corrected chi connectivity index (χ1v) is 52.1. The number of rotatable bonds is 40. The zero-order valence-corrected chi connectivity index (χ0v) is 56.6. The van der Waals surface area contributed by atoms with E-state index in [4.69, 9.17) is 54.5 Å². The Kier molecular flexibility index (Phi) is 98.5. The van der Waals surface area contributed by atoms with Crippen LogP contribution in [0.1, 0.15) is 111 Å². The van der Waals surface area contributed by atoms with E-state index in [0.717, 1.165) is 77.2 Å². The second kappa shape index (κ2) is 63.9. The molecule has 26 heteroatoms. The summed E-state index contributed by atoms with van der Waals surface area (Å²) in [4.78, 5) is 0. The largest absolute Gasteiger partial charge is 0.437 e. The minimum atomic E-state index is -2.57. The Balaban J connectivity index is -0.0000000575. The van der Waals surface area contributed by atoms with E-state index in [2.05, 4.69) is 159 Å². The van der Waals surface area contributed by atoms with Crippen LogP contribution in [-0.2, 0) is 43.0 Å². The predicted molar refractivity (Wildman–Crippen MR) is 414 cm³/mol. The molecule has 0 saturated carbocycles. The van der Waals surface area contributed by atoms with Gasteiger partial charge in [-0.1, -0.05) is 124 Å². The molecule has 0 aromatic heterocycles. The van der Waals surface area contributed by atoms with Crippen LogP contribution in [0.2, 0.25) is 143 Å². The van der Waals surface area contributed by atoms with Crippen LogP contribution in [0, 0.1) is 0 Å². The molecule has 0 amide bonds. The van der Waals surface area contributed by atoms with Gasteiger partial charge in [0.05, 0.1) is 39.1 Å². The van der Waals surface area contributed by atoms with Crippen molar-refractivity contribution in [2.45, 2.75) is 266 Å². The third-order valence-electron chi connectivity index (χ3n) is 8.76. The van der Waals surface area contributed by atoms with Gasteiger partial charge in [0.1, 0.15) is 6.10 Å². The highest BCUT2D eigenvalue weighted by atomic mass is 28.5. The maximum Gasteiger partial charge on any atom is 0.317 e. The highest BCUT2D eigenvalue weighted by molar-refractivity contribution is 6.91. The molecular weight excluding hydrogens is 1210 g/mol. The molecule has 0 aliphatic carbocycles. The van der Waals surface area contributed by atoms with E-state index in [9.17, 15) is 5.11 Å². The molecule has 5 unspecified atom stereocenters. The Morgan fingerprint density at radius 3 is 0.976 bits per heavy atom. The van der Waals surface area contributed by atoms with Crippen LogP contribution in [-0.4, -0.2) is 192 Å². The number of aliphatic hydroxyl groups is 1. The fraction of sp³-hybridized carbons (Fsp3) is 0.931. The quantitative estimate of drug-likeness (QED) is 0.0131. The second-order valence-corrected chi connectivity index (χ2v) is 59.4.